The summed E-state index contributed by atoms with van der Waals surface area (Å²) in [6.07, 6.45) is 0.607. The van der Waals surface area contributed by atoms with E-state index in [1.807, 2.05) is 26.8 Å². The Kier molecular flexibility index (Phi) is 3.09. The number of aromatic nitrogens is 1. The number of nitrogens with zero attached hydrogens (tertiary/aromatic N) is 1. The topological polar surface area (TPSA) is 76.9 Å². The van der Waals surface area contributed by atoms with Crippen LogP contribution in [-0.4, -0.2) is 10.1 Å². The molecule has 1 aromatic heterocycles. The Balaban J connectivity index is 3.42. The molecule has 0 saturated carbocycles. The summed E-state index contributed by atoms with van der Waals surface area (Å²) in [7, 11) is 0. The van der Waals surface area contributed by atoms with Gasteiger partial charge in [-0.1, -0.05) is 20.8 Å². The van der Waals surface area contributed by atoms with Gasteiger partial charge in [-0.15, -0.1) is 0 Å². The molecule has 0 fully saturated rings. The van der Waals surface area contributed by atoms with E-state index in [0.717, 1.165) is 0 Å². The third-order valence-electron chi connectivity index (χ3n) is 2.39. The lowest BCUT2D eigenvalue weighted by Crippen LogP contribution is -2.18. The van der Waals surface area contributed by atoms with Crippen molar-refractivity contribution in [3.8, 4) is 11.9 Å². The second-order valence-corrected chi connectivity index (χ2v) is 5.13. The number of rotatable bonds is 1. The molecule has 2 N–H and O–H groups in total. The molecule has 86 valence electrons. The van der Waals surface area contributed by atoms with E-state index in [1.165, 1.54) is 0 Å². The van der Waals surface area contributed by atoms with Crippen LogP contribution in [0.5, 0.6) is 5.88 Å². The van der Waals surface area contributed by atoms with Crippen molar-refractivity contribution in [2.24, 2.45) is 5.41 Å². The molecule has 0 aliphatic rings. The first kappa shape index (κ1) is 12.3. The summed E-state index contributed by atoms with van der Waals surface area (Å²) >= 11 is 0. The van der Waals surface area contributed by atoms with E-state index >= 15 is 0 Å². The number of hydrogen-bond acceptors (Lipinski definition) is 3. The van der Waals surface area contributed by atoms with Gasteiger partial charge in [0.15, 0.2) is 5.88 Å². The summed E-state index contributed by atoms with van der Waals surface area (Å²) < 4.78 is 0. The van der Waals surface area contributed by atoms with Crippen molar-refractivity contribution in [3.05, 3.63) is 27.0 Å². The first-order valence-corrected chi connectivity index (χ1v) is 5.11. The van der Waals surface area contributed by atoms with Crippen LogP contribution < -0.4 is 5.56 Å². The molecule has 0 unspecified atom stereocenters. The average Bonchev–Trinajstić information content (AvgIpc) is 2.11. The molecule has 4 heteroatoms. The van der Waals surface area contributed by atoms with E-state index in [2.05, 4.69) is 4.98 Å². The molecule has 0 saturated heterocycles. The summed E-state index contributed by atoms with van der Waals surface area (Å²) in [6, 6.07) is 1.86. The zero-order valence-corrected chi connectivity index (χ0v) is 10.0. The molecule has 1 rings (SSSR count). The zero-order valence-electron chi connectivity index (χ0n) is 10.0. The lowest BCUT2D eigenvalue weighted by Gasteiger charge is -2.20. The molecule has 0 bridgehead atoms. The van der Waals surface area contributed by atoms with Gasteiger partial charge >= 0.3 is 0 Å². The van der Waals surface area contributed by atoms with E-state index in [4.69, 9.17) is 5.26 Å². The molecule has 0 atom stereocenters. The highest BCUT2D eigenvalue weighted by atomic mass is 16.3. The van der Waals surface area contributed by atoms with Crippen LogP contribution in [0.25, 0.3) is 0 Å². The minimum absolute atomic E-state index is 0.0206. The predicted octanol–water partition coefficient (Wildman–Crippen LogP) is 1.85. The number of aromatic hydroxyl groups is 1. The van der Waals surface area contributed by atoms with Crippen molar-refractivity contribution in [2.75, 3.05) is 0 Å². The molecule has 1 heterocycles. The first-order valence-electron chi connectivity index (χ1n) is 5.11. The standard InChI is InChI=1S/C12H16N2O2/c1-7-8(5-12(2,3)4)10(15)14-11(16)9(7)6-13/h5H2,1-4H3,(H2,14,15,16). The van der Waals surface area contributed by atoms with Gasteiger partial charge in [-0.25, -0.2) is 0 Å². The zero-order chi connectivity index (χ0) is 12.5. The van der Waals surface area contributed by atoms with Crippen LogP contribution in [0.15, 0.2) is 4.79 Å². The second kappa shape index (κ2) is 4.01. The smallest absolute Gasteiger partial charge is 0.268 e. The van der Waals surface area contributed by atoms with Crippen molar-refractivity contribution in [3.63, 3.8) is 0 Å². The van der Waals surface area contributed by atoms with E-state index in [1.54, 1.807) is 6.92 Å². The second-order valence-electron chi connectivity index (χ2n) is 5.13. The molecule has 4 nitrogen and oxygen atoms in total. The highest BCUT2D eigenvalue weighted by Gasteiger charge is 2.19. The first-order chi connectivity index (χ1) is 7.26. The summed E-state index contributed by atoms with van der Waals surface area (Å²) in [6.45, 7) is 7.78. The molecular formula is C12H16N2O2. The summed E-state index contributed by atoms with van der Waals surface area (Å²) in [4.78, 5) is 13.7. The van der Waals surface area contributed by atoms with Crippen molar-refractivity contribution in [1.29, 1.82) is 5.26 Å². The number of aromatic amines is 1. The highest BCUT2D eigenvalue weighted by molar-refractivity contribution is 5.44. The molecule has 0 aliphatic carbocycles. The molecule has 0 aliphatic heterocycles. The number of H-pyrrole nitrogens is 1. The Morgan fingerprint density at radius 1 is 1.44 bits per heavy atom. The number of nitrogens with one attached hydrogen (secondary N) is 1. The van der Waals surface area contributed by atoms with Crippen LogP contribution >= 0.6 is 0 Å². The predicted molar refractivity (Wildman–Crippen MR) is 61.3 cm³/mol. The van der Waals surface area contributed by atoms with Gasteiger partial charge in [-0.2, -0.15) is 5.26 Å². The fourth-order valence-electron chi connectivity index (χ4n) is 1.63. The fourth-order valence-corrected chi connectivity index (χ4v) is 1.63. The van der Waals surface area contributed by atoms with Gasteiger partial charge in [-0.05, 0) is 24.3 Å². The Labute approximate surface area is 94.6 Å². The largest absolute Gasteiger partial charge is 0.494 e. The van der Waals surface area contributed by atoms with Gasteiger partial charge in [0.2, 0.25) is 0 Å². The van der Waals surface area contributed by atoms with Gasteiger partial charge in [0.25, 0.3) is 5.56 Å². The summed E-state index contributed by atoms with van der Waals surface area (Å²) in [5.74, 6) is -0.128. The summed E-state index contributed by atoms with van der Waals surface area (Å²) in [5, 5.41) is 18.6. The number of pyridine rings is 1. The van der Waals surface area contributed by atoms with Crippen LogP contribution in [0.1, 0.15) is 37.5 Å². The third kappa shape index (κ3) is 2.43. The van der Waals surface area contributed by atoms with Gasteiger partial charge in [0.1, 0.15) is 11.6 Å². The van der Waals surface area contributed by atoms with Crippen LogP contribution in [0.4, 0.5) is 0 Å². The van der Waals surface area contributed by atoms with Crippen LogP contribution in [0.3, 0.4) is 0 Å². The van der Waals surface area contributed by atoms with Crippen molar-refractivity contribution in [2.45, 2.75) is 34.1 Å². The minimum Gasteiger partial charge on any atom is -0.494 e. The molecular weight excluding hydrogens is 204 g/mol. The maximum absolute atomic E-state index is 11.4. The van der Waals surface area contributed by atoms with E-state index in [0.29, 0.717) is 17.5 Å². The Morgan fingerprint density at radius 2 is 2.00 bits per heavy atom. The Morgan fingerprint density at radius 3 is 2.44 bits per heavy atom. The van der Waals surface area contributed by atoms with E-state index in [9.17, 15) is 9.90 Å². The minimum atomic E-state index is -0.532. The van der Waals surface area contributed by atoms with Gasteiger partial charge in [-0.3, -0.25) is 9.78 Å². The normalized spacial score (nSPS) is 11.2. The molecule has 0 amide bonds. The van der Waals surface area contributed by atoms with Crippen LogP contribution in [-0.2, 0) is 6.42 Å². The SMILES string of the molecule is Cc1c(CC(C)(C)C)c(O)[nH]c(=O)c1C#N. The lowest BCUT2D eigenvalue weighted by atomic mass is 9.86. The quantitative estimate of drug-likeness (QED) is 0.758. The van der Waals surface area contributed by atoms with Crippen molar-refractivity contribution < 1.29 is 5.11 Å². The van der Waals surface area contributed by atoms with E-state index < -0.39 is 5.56 Å². The average molecular weight is 220 g/mol. The van der Waals surface area contributed by atoms with Crippen LogP contribution in [0.2, 0.25) is 0 Å². The van der Waals surface area contributed by atoms with Crippen LogP contribution in [0, 0.1) is 23.7 Å². The number of nitriles is 1. The Hall–Kier alpha value is -1.76. The highest BCUT2D eigenvalue weighted by Crippen LogP contribution is 2.27. The van der Waals surface area contributed by atoms with Gasteiger partial charge in [0, 0.05) is 5.56 Å². The van der Waals surface area contributed by atoms with Gasteiger partial charge < -0.3 is 5.11 Å². The molecule has 0 aromatic carbocycles. The third-order valence-corrected chi connectivity index (χ3v) is 2.39. The van der Waals surface area contributed by atoms with E-state index in [-0.39, 0.29) is 16.9 Å². The molecule has 1 aromatic rings. The maximum Gasteiger partial charge on any atom is 0.268 e. The fraction of sp³-hybridized carbons (Fsp3) is 0.500. The van der Waals surface area contributed by atoms with Crippen molar-refractivity contribution in [1.82, 2.24) is 4.98 Å². The molecule has 0 spiro atoms. The number of hydrogen-bond donors (Lipinski definition) is 2. The monoisotopic (exact) mass is 220 g/mol. The van der Waals surface area contributed by atoms with Crippen molar-refractivity contribution >= 4 is 0 Å². The Bertz CT molecular complexity index is 501. The molecule has 0 radical (unpaired) electrons. The van der Waals surface area contributed by atoms with Gasteiger partial charge in [0.05, 0.1) is 0 Å². The maximum atomic E-state index is 11.4. The summed E-state index contributed by atoms with van der Waals surface area (Å²) in [5.41, 5.74) is 0.738. The lowest BCUT2D eigenvalue weighted by molar-refractivity contribution is 0.386. The molecule has 16 heavy (non-hydrogen) atoms.